The second-order valence-corrected chi connectivity index (χ2v) is 6.10. The zero-order valence-electron chi connectivity index (χ0n) is 14.8. The summed E-state index contributed by atoms with van der Waals surface area (Å²) in [5.74, 6) is -0.00781. The van der Waals surface area contributed by atoms with Crippen molar-refractivity contribution < 1.29 is 14.3 Å². The second kappa shape index (κ2) is 7.72. The van der Waals surface area contributed by atoms with Crippen LogP contribution in [0.25, 0.3) is 10.9 Å². The summed E-state index contributed by atoms with van der Waals surface area (Å²) in [6.45, 7) is 0. The van der Waals surface area contributed by atoms with E-state index < -0.39 is 5.97 Å². The van der Waals surface area contributed by atoms with Crippen LogP contribution >= 0.6 is 0 Å². The van der Waals surface area contributed by atoms with Crippen LogP contribution in [0.5, 0.6) is 5.75 Å². The van der Waals surface area contributed by atoms with Gasteiger partial charge in [-0.2, -0.15) is 0 Å². The molecule has 1 heterocycles. The smallest absolute Gasteiger partial charge is 0.343 e. The van der Waals surface area contributed by atoms with Crippen LogP contribution in [0, 0.1) is 0 Å². The number of carbonyl (C=O) groups is 2. The molecule has 136 valence electrons. The van der Waals surface area contributed by atoms with Crippen LogP contribution in [-0.2, 0) is 0 Å². The number of rotatable bonds is 4. The molecule has 1 N–H and O–H groups in total. The van der Waals surface area contributed by atoms with Gasteiger partial charge in [0.15, 0.2) is 5.75 Å². The van der Waals surface area contributed by atoms with Crippen LogP contribution in [0.1, 0.15) is 20.7 Å². The first kappa shape index (κ1) is 17.4. The van der Waals surface area contributed by atoms with E-state index in [-0.39, 0.29) is 5.91 Å². The molecule has 1 amide bonds. The average molecular weight is 368 g/mol. The molecule has 3 aromatic carbocycles. The molecule has 28 heavy (non-hydrogen) atoms. The van der Waals surface area contributed by atoms with E-state index in [1.54, 1.807) is 66.7 Å². The summed E-state index contributed by atoms with van der Waals surface area (Å²) in [6.07, 6.45) is 0. The standard InChI is InChI=1S/C23H16N2O3/c26-22(17-8-3-1-4-9-17)25-20-15-14-16-12-7-13-19(21(16)24-20)28-23(27)18-10-5-2-6-11-18/h1-15H,(H,24,25,26). The molecule has 5 nitrogen and oxygen atoms in total. The highest BCUT2D eigenvalue weighted by Gasteiger charge is 2.13. The second-order valence-electron chi connectivity index (χ2n) is 6.10. The van der Waals surface area contributed by atoms with Crippen LogP contribution in [0.2, 0.25) is 0 Å². The summed E-state index contributed by atoms with van der Waals surface area (Å²) in [7, 11) is 0. The Bertz CT molecular complexity index is 1140. The van der Waals surface area contributed by atoms with Crippen molar-refractivity contribution in [3.63, 3.8) is 0 Å². The molecule has 0 saturated heterocycles. The van der Waals surface area contributed by atoms with Crippen molar-refractivity contribution in [1.29, 1.82) is 0 Å². The van der Waals surface area contributed by atoms with Crippen LogP contribution < -0.4 is 10.1 Å². The Hall–Kier alpha value is -3.99. The molecule has 0 fully saturated rings. The molecule has 0 bridgehead atoms. The molecule has 0 aliphatic rings. The Labute approximate surface area is 161 Å². The Kier molecular flexibility index (Phi) is 4.80. The number of nitrogens with zero attached hydrogens (tertiary/aromatic N) is 1. The number of nitrogens with one attached hydrogen (secondary N) is 1. The highest BCUT2D eigenvalue weighted by Crippen LogP contribution is 2.26. The summed E-state index contributed by atoms with van der Waals surface area (Å²) < 4.78 is 5.54. The van der Waals surface area contributed by atoms with Crippen LogP contribution in [0.3, 0.4) is 0 Å². The van der Waals surface area contributed by atoms with E-state index >= 15 is 0 Å². The van der Waals surface area contributed by atoms with Gasteiger partial charge in [0.2, 0.25) is 0 Å². The monoisotopic (exact) mass is 368 g/mol. The van der Waals surface area contributed by atoms with Crippen LogP contribution in [-0.4, -0.2) is 16.9 Å². The van der Waals surface area contributed by atoms with Gasteiger partial charge in [0.1, 0.15) is 11.3 Å². The molecule has 0 spiro atoms. The van der Waals surface area contributed by atoms with Gasteiger partial charge in [-0.3, -0.25) is 4.79 Å². The van der Waals surface area contributed by atoms with Crippen molar-refractivity contribution in [2.45, 2.75) is 0 Å². The minimum Gasteiger partial charge on any atom is -0.421 e. The molecule has 4 aromatic rings. The number of esters is 1. The summed E-state index contributed by atoms with van der Waals surface area (Å²) in [6, 6.07) is 26.5. The van der Waals surface area contributed by atoms with E-state index in [9.17, 15) is 9.59 Å². The topological polar surface area (TPSA) is 68.3 Å². The number of amides is 1. The minimum absolute atomic E-state index is 0.258. The maximum atomic E-state index is 12.4. The molecule has 0 radical (unpaired) electrons. The van der Waals surface area contributed by atoms with Crippen molar-refractivity contribution in [2.75, 3.05) is 5.32 Å². The van der Waals surface area contributed by atoms with Gasteiger partial charge in [0, 0.05) is 10.9 Å². The molecule has 0 aliphatic carbocycles. The molecule has 0 saturated carbocycles. The molecular formula is C23H16N2O3. The average Bonchev–Trinajstić information content (AvgIpc) is 2.75. The van der Waals surface area contributed by atoms with Gasteiger partial charge in [-0.05, 0) is 42.5 Å². The largest absolute Gasteiger partial charge is 0.421 e. The fraction of sp³-hybridized carbons (Fsp3) is 0. The Morgan fingerprint density at radius 1 is 0.714 bits per heavy atom. The molecular weight excluding hydrogens is 352 g/mol. The van der Waals surface area contributed by atoms with Gasteiger partial charge in [-0.1, -0.05) is 48.5 Å². The Morgan fingerprint density at radius 3 is 2.11 bits per heavy atom. The van der Waals surface area contributed by atoms with Crippen LogP contribution in [0.4, 0.5) is 5.82 Å². The van der Waals surface area contributed by atoms with E-state index in [0.717, 1.165) is 5.39 Å². The van der Waals surface area contributed by atoms with Crippen molar-refractivity contribution >= 4 is 28.6 Å². The van der Waals surface area contributed by atoms with Crippen molar-refractivity contribution in [1.82, 2.24) is 4.98 Å². The zero-order valence-corrected chi connectivity index (χ0v) is 14.8. The predicted octanol–water partition coefficient (Wildman–Crippen LogP) is 4.71. The SMILES string of the molecule is O=C(Nc1ccc2cccc(OC(=O)c3ccccc3)c2n1)c1ccccc1. The molecule has 0 aliphatic heterocycles. The highest BCUT2D eigenvalue weighted by atomic mass is 16.5. The first-order chi connectivity index (χ1) is 13.7. The molecule has 0 atom stereocenters. The zero-order chi connectivity index (χ0) is 19.3. The van der Waals surface area contributed by atoms with E-state index in [1.807, 2.05) is 24.3 Å². The normalized spacial score (nSPS) is 10.4. The molecule has 1 aromatic heterocycles. The first-order valence-corrected chi connectivity index (χ1v) is 8.74. The number of benzene rings is 3. The van der Waals surface area contributed by atoms with E-state index in [0.29, 0.717) is 28.2 Å². The number of anilines is 1. The third kappa shape index (κ3) is 3.73. The van der Waals surface area contributed by atoms with E-state index in [2.05, 4.69) is 10.3 Å². The number of carbonyl (C=O) groups excluding carboxylic acids is 2. The molecule has 4 rings (SSSR count). The minimum atomic E-state index is -0.464. The van der Waals surface area contributed by atoms with Crippen molar-refractivity contribution in [2.24, 2.45) is 0 Å². The fourth-order valence-corrected chi connectivity index (χ4v) is 2.78. The summed E-state index contributed by atoms with van der Waals surface area (Å²) >= 11 is 0. The molecule has 0 unspecified atom stereocenters. The van der Waals surface area contributed by atoms with Gasteiger partial charge >= 0.3 is 5.97 Å². The lowest BCUT2D eigenvalue weighted by molar-refractivity contribution is 0.0736. The quantitative estimate of drug-likeness (QED) is 0.418. The summed E-state index contributed by atoms with van der Waals surface area (Å²) in [5, 5.41) is 3.57. The highest BCUT2D eigenvalue weighted by molar-refractivity contribution is 6.04. The third-order valence-electron chi connectivity index (χ3n) is 4.17. The number of pyridine rings is 1. The Morgan fingerprint density at radius 2 is 1.39 bits per heavy atom. The number of ether oxygens (including phenoxy) is 1. The number of fused-ring (bicyclic) bond motifs is 1. The maximum absolute atomic E-state index is 12.4. The maximum Gasteiger partial charge on any atom is 0.343 e. The lowest BCUT2D eigenvalue weighted by atomic mass is 10.2. The summed E-state index contributed by atoms with van der Waals surface area (Å²) in [5.41, 5.74) is 1.49. The first-order valence-electron chi connectivity index (χ1n) is 8.74. The number of hydrogen-bond acceptors (Lipinski definition) is 4. The van der Waals surface area contributed by atoms with Gasteiger partial charge in [0.05, 0.1) is 5.56 Å². The van der Waals surface area contributed by atoms with Gasteiger partial charge in [0.25, 0.3) is 5.91 Å². The number of para-hydroxylation sites is 1. The number of aromatic nitrogens is 1. The Balaban J connectivity index is 1.62. The van der Waals surface area contributed by atoms with E-state index in [1.165, 1.54) is 0 Å². The summed E-state index contributed by atoms with van der Waals surface area (Å²) in [4.78, 5) is 29.2. The van der Waals surface area contributed by atoms with Gasteiger partial charge in [-0.25, -0.2) is 9.78 Å². The van der Waals surface area contributed by atoms with E-state index in [4.69, 9.17) is 4.74 Å². The van der Waals surface area contributed by atoms with Crippen molar-refractivity contribution in [3.05, 3.63) is 102 Å². The number of hydrogen-bond donors (Lipinski definition) is 1. The lowest BCUT2D eigenvalue weighted by Gasteiger charge is -2.09. The van der Waals surface area contributed by atoms with Crippen molar-refractivity contribution in [3.8, 4) is 5.75 Å². The predicted molar refractivity (Wildman–Crippen MR) is 108 cm³/mol. The van der Waals surface area contributed by atoms with Gasteiger partial charge < -0.3 is 10.1 Å². The lowest BCUT2D eigenvalue weighted by Crippen LogP contribution is -2.13. The fourth-order valence-electron chi connectivity index (χ4n) is 2.78. The molecule has 5 heteroatoms. The van der Waals surface area contributed by atoms with Gasteiger partial charge in [-0.15, -0.1) is 0 Å². The third-order valence-corrected chi connectivity index (χ3v) is 4.17. The van der Waals surface area contributed by atoms with Crippen LogP contribution in [0.15, 0.2) is 91.0 Å².